The van der Waals surface area contributed by atoms with Crippen molar-refractivity contribution in [2.75, 3.05) is 13.2 Å². The van der Waals surface area contributed by atoms with Gasteiger partial charge < -0.3 is 14.8 Å². The van der Waals surface area contributed by atoms with Gasteiger partial charge in [-0.25, -0.2) is 0 Å². The maximum Gasteiger partial charge on any atom is 0.261 e. The smallest absolute Gasteiger partial charge is 0.261 e. The van der Waals surface area contributed by atoms with Crippen molar-refractivity contribution in [1.82, 2.24) is 5.32 Å². The van der Waals surface area contributed by atoms with Crippen LogP contribution in [0.25, 0.3) is 10.8 Å². The molecular weight excluding hydrogens is 302 g/mol. The second-order valence-corrected chi connectivity index (χ2v) is 6.09. The second-order valence-electron chi connectivity index (χ2n) is 6.09. The molecule has 2 rings (SSSR count). The number of hydrogen-bond donors (Lipinski definition) is 1. The van der Waals surface area contributed by atoms with Gasteiger partial charge in [0.1, 0.15) is 5.75 Å². The zero-order valence-corrected chi connectivity index (χ0v) is 14.7. The maximum atomic E-state index is 12.3. The number of fused-ring (bicyclic) bond motifs is 1. The molecule has 0 saturated carbocycles. The van der Waals surface area contributed by atoms with E-state index in [9.17, 15) is 4.79 Å². The lowest BCUT2D eigenvalue weighted by molar-refractivity contribution is -0.128. The van der Waals surface area contributed by atoms with Gasteiger partial charge in [-0.1, -0.05) is 37.3 Å². The van der Waals surface area contributed by atoms with Crippen LogP contribution in [0.3, 0.4) is 0 Å². The molecule has 0 spiro atoms. The molecule has 4 heteroatoms. The molecule has 0 heterocycles. The number of benzene rings is 2. The third-order valence-electron chi connectivity index (χ3n) is 3.73. The fourth-order valence-electron chi connectivity index (χ4n) is 2.44. The van der Waals surface area contributed by atoms with Crippen molar-refractivity contribution < 1.29 is 14.3 Å². The minimum Gasteiger partial charge on any atom is -0.481 e. The minimum atomic E-state index is -0.475. The zero-order valence-electron chi connectivity index (χ0n) is 14.7. The van der Waals surface area contributed by atoms with Crippen molar-refractivity contribution in [3.8, 4) is 5.75 Å². The summed E-state index contributed by atoms with van der Waals surface area (Å²) in [5.41, 5.74) is 0. The van der Waals surface area contributed by atoms with Crippen LogP contribution >= 0.6 is 0 Å². The molecule has 0 aliphatic rings. The molecule has 1 N–H and O–H groups in total. The summed E-state index contributed by atoms with van der Waals surface area (Å²) in [7, 11) is 0. The van der Waals surface area contributed by atoms with Crippen LogP contribution < -0.4 is 10.1 Å². The van der Waals surface area contributed by atoms with Gasteiger partial charge in [-0.2, -0.15) is 0 Å². The number of ether oxygens (including phenoxy) is 2. The predicted molar refractivity (Wildman–Crippen MR) is 97.4 cm³/mol. The molecule has 1 amide bonds. The van der Waals surface area contributed by atoms with Gasteiger partial charge in [-0.05, 0) is 49.6 Å². The number of nitrogens with one attached hydrogen (secondary N) is 1. The third kappa shape index (κ3) is 5.53. The number of carbonyl (C=O) groups is 1. The lowest BCUT2D eigenvalue weighted by Gasteiger charge is -2.18. The van der Waals surface area contributed by atoms with Crippen LogP contribution in [0.1, 0.15) is 33.6 Å². The van der Waals surface area contributed by atoms with Gasteiger partial charge in [-0.3, -0.25) is 4.79 Å². The first-order chi connectivity index (χ1) is 11.6. The topological polar surface area (TPSA) is 47.6 Å². The van der Waals surface area contributed by atoms with Gasteiger partial charge in [0, 0.05) is 13.2 Å². The maximum absolute atomic E-state index is 12.3. The molecule has 0 bridgehead atoms. The number of hydrogen-bond acceptors (Lipinski definition) is 3. The van der Waals surface area contributed by atoms with E-state index in [1.165, 1.54) is 0 Å². The van der Waals surface area contributed by atoms with Gasteiger partial charge in [0.05, 0.1) is 6.10 Å². The fourth-order valence-corrected chi connectivity index (χ4v) is 2.44. The molecular formula is C20H27NO3. The van der Waals surface area contributed by atoms with Crippen LogP contribution in [0.15, 0.2) is 42.5 Å². The fraction of sp³-hybridized carbons (Fsp3) is 0.450. The lowest BCUT2D eigenvalue weighted by Crippen LogP contribution is -2.38. The zero-order chi connectivity index (χ0) is 17.4. The van der Waals surface area contributed by atoms with Crippen LogP contribution in [0.4, 0.5) is 0 Å². The molecule has 24 heavy (non-hydrogen) atoms. The highest BCUT2D eigenvalue weighted by Gasteiger charge is 2.17. The number of rotatable bonds is 9. The second kappa shape index (κ2) is 9.28. The third-order valence-corrected chi connectivity index (χ3v) is 3.73. The molecule has 0 saturated heterocycles. The number of carbonyl (C=O) groups excluding carboxylic acids is 1. The van der Waals surface area contributed by atoms with E-state index in [1.807, 2.05) is 57.2 Å². The monoisotopic (exact) mass is 329 g/mol. The Morgan fingerprint density at radius 1 is 1.12 bits per heavy atom. The van der Waals surface area contributed by atoms with Crippen molar-refractivity contribution >= 4 is 16.7 Å². The normalized spacial score (nSPS) is 12.3. The van der Waals surface area contributed by atoms with Gasteiger partial charge in [0.2, 0.25) is 0 Å². The van der Waals surface area contributed by atoms with Crippen LogP contribution in [0.2, 0.25) is 0 Å². The Morgan fingerprint density at radius 2 is 1.88 bits per heavy atom. The largest absolute Gasteiger partial charge is 0.481 e. The average molecular weight is 329 g/mol. The van der Waals surface area contributed by atoms with E-state index in [2.05, 4.69) is 11.4 Å². The molecule has 0 aliphatic heterocycles. The quantitative estimate of drug-likeness (QED) is 0.709. The summed E-state index contributed by atoms with van der Waals surface area (Å²) in [5, 5.41) is 5.19. The Bertz CT molecular complexity index is 654. The molecule has 130 valence electrons. The van der Waals surface area contributed by atoms with Crippen LogP contribution in [-0.4, -0.2) is 31.3 Å². The molecule has 0 unspecified atom stereocenters. The summed E-state index contributed by atoms with van der Waals surface area (Å²) >= 11 is 0. The van der Waals surface area contributed by atoms with E-state index in [0.29, 0.717) is 19.6 Å². The van der Waals surface area contributed by atoms with E-state index >= 15 is 0 Å². The van der Waals surface area contributed by atoms with E-state index < -0.39 is 6.10 Å². The van der Waals surface area contributed by atoms with Crippen LogP contribution in [0, 0.1) is 0 Å². The predicted octanol–water partition coefficient (Wildman–Crippen LogP) is 3.93. The molecule has 0 fully saturated rings. The summed E-state index contributed by atoms with van der Waals surface area (Å²) in [6.07, 6.45) is 1.18. The molecule has 0 aliphatic carbocycles. The Labute approximate surface area is 144 Å². The molecule has 0 radical (unpaired) electrons. The van der Waals surface area contributed by atoms with Gasteiger partial charge in [0.25, 0.3) is 5.91 Å². The molecule has 1 atom stereocenters. The molecule has 2 aromatic rings. The summed E-state index contributed by atoms with van der Waals surface area (Å²) in [4.78, 5) is 12.3. The van der Waals surface area contributed by atoms with Gasteiger partial charge in [0.15, 0.2) is 6.10 Å². The van der Waals surface area contributed by atoms with Crippen LogP contribution in [0.5, 0.6) is 5.75 Å². The van der Waals surface area contributed by atoms with E-state index in [1.54, 1.807) is 0 Å². The standard InChI is InChI=1S/C20H27NO3/c1-4-19(20(22)21-12-7-13-23-15(2)3)24-18-11-10-16-8-5-6-9-17(16)14-18/h5-6,8-11,14-15,19H,4,7,12-13H2,1-3H3,(H,21,22)/t19-/m0/s1. The van der Waals surface area contributed by atoms with E-state index in [0.717, 1.165) is 22.9 Å². The Morgan fingerprint density at radius 3 is 2.58 bits per heavy atom. The minimum absolute atomic E-state index is 0.0739. The van der Waals surface area contributed by atoms with Crippen molar-refractivity contribution in [3.05, 3.63) is 42.5 Å². The first-order valence-corrected chi connectivity index (χ1v) is 8.65. The van der Waals surface area contributed by atoms with Crippen molar-refractivity contribution in [2.45, 2.75) is 45.8 Å². The van der Waals surface area contributed by atoms with Crippen LogP contribution in [-0.2, 0) is 9.53 Å². The molecule has 4 nitrogen and oxygen atoms in total. The summed E-state index contributed by atoms with van der Waals surface area (Å²) in [6.45, 7) is 7.21. The Kier molecular flexibility index (Phi) is 7.07. The summed E-state index contributed by atoms with van der Waals surface area (Å²) in [6, 6.07) is 14.0. The lowest BCUT2D eigenvalue weighted by atomic mass is 10.1. The summed E-state index contributed by atoms with van der Waals surface area (Å²) in [5.74, 6) is 0.647. The first-order valence-electron chi connectivity index (χ1n) is 8.65. The van der Waals surface area contributed by atoms with Crippen molar-refractivity contribution in [1.29, 1.82) is 0 Å². The highest BCUT2D eigenvalue weighted by atomic mass is 16.5. The van der Waals surface area contributed by atoms with Crippen molar-refractivity contribution in [3.63, 3.8) is 0 Å². The van der Waals surface area contributed by atoms with Gasteiger partial charge in [-0.15, -0.1) is 0 Å². The van der Waals surface area contributed by atoms with Gasteiger partial charge >= 0.3 is 0 Å². The average Bonchev–Trinajstić information content (AvgIpc) is 2.58. The first kappa shape index (κ1) is 18.3. The Hall–Kier alpha value is -2.07. The summed E-state index contributed by atoms with van der Waals surface area (Å²) < 4.78 is 11.3. The Balaban J connectivity index is 1.86. The molecule has 2 aromatic carbocycles. The highest BCUT2D eigenvalue weighted by molar-refractivity contribution is 5.84. The van der Waals surface area contributed by atoms with E-state index in [-0.39, 0.29) is 12.0 Å². The molecule has 0 aromatic heterocycles. The van der Waals surface area contributed by atoms with E-state index in [4.69, 9.17) is 9.47 Å². The number of amides is 1. The highest BCUT2D eigenvalue weighted by Crippen LogP contribution is 2.22. The SMILES string of the molecule is CC[C@H](Oc1ccc2ccccc2c1)C(=O)NCCCOC(C)C. The van der Waals surface area contributed by atoms with Crippen molar-refractivity contribution in [2.24, 2.45) is 0 Å².